The molecule has 7 heteroatoms. The summed E-state index contributed by atoms with van der Waals surface area (Å²) in [5.74, 6) is -1.65. The van der Waals surface area contributed by atoms with Crippen LogP contribution >= 0.6 is 11.6 Å². The molecule has 6 rings (SSSR count). The molecule has 4 aliphatic rings. The topological polar surface area (TPSA) is 43.8 Å². The smallest absolute Gasteiger partial charge is 0.226 e. The maximum Gasteiger partial charge on any atom is 0.226 e. The van der Waals surface area contributed by atoms with E-state index in [0.29, 0.717) is 31.5 Å². The Labute approximate surface area is 229 Å². The lowest BCUT2D eigenvalue weighted by Gasteiger charge is -2.41. The van der Waals surface area contributed by atoms with Gasteiger partial charge in [0.05, 0.1) is 6.10 Å². The van der Waals surface area contributed by atoms with E-state index < -0.39 is 11.6 Å². The molecule has 3 atom stereocenters. The summed E-state index contributed by atoms with van der Waals surface area (Å²) in [5, 5.41) is 10.8. The van der Waals surface area contributed by atoms with Crippen LogP contribution in [0.4, 0.5) is 8.78 Å². The number of aliphatic hydroxyl groups excluding tert-OH is 1. The molecule has 3 fully saturated rings. The van der Waals surface area contributed by atoms with Gasteiger partial charge in [0.25, 0.3) is 0 Å². The number of halogens is 3. The lowest BCUT2D eigenvalue weighted by molar-refractivity contribution is -0.137. The zero-order valence-electron chi connectivity index (χ0n) is 22.1. The van der Waals surface area contributed by atoms with Gasteiger partial charge in [-0.15, -0.1) is 0 Å². The zero-order valence-corrected chi connectivity index (χ0v) is 22.8. The molecule has 2 aliphatic heterocycles. The molecule has 2 saturated heterocycles. The van der Waals surface area contributed by atoms with Crippen molar-refractivity contribution in [3.05, 3.63) is 69.2 Å². The largest absolute Gasteiger partial charge is 0.393 e. The Bertz CT molecular complexity index is 1220. The van der Waals surface area contributed by atoms with Crippen LogP contribution in [-0.2, 0) is 16.6 Å². The first-order valence-corrected chi connectivity index (χ1v) is 14.6. The van der Waals surface area contributed by atoms with Crippen LogP contribution < -0.4 is 0 Å². The molecule has 0 bridgehead atoms. The minimum Gasteiger partial charge on any atom is -0.393 e. The minimum absolute atomic E-state index is 0.0821. The van der Waals surface area contributed by atoms with Gasteiger partial charge < -0.3 is 14.9 Å². The molecule has 1 amide bonds. The highest BCUT2D eigenvalue weighted by atomic mass is 35.5. The molecule has 4 nitrogen and oxygen atoms in total. The van der Waals surface area contributed by atoms with E-state index in [1.807, 2.05) is 4.90 Å². The van der Waals surface area contributed by atoms with Crippen LogP contribution in [0.3, 0.4) is 0 Å². The zero-order chi connectivity index (χ0) is 26.6. The van der Waals surface area contributed by atoms with E-state index >= 15 is 0 Å². The van der Waals surface area contributed by atoms with Crippen molar-refractivity contribution in [2.45, 2.75) is 81.8 Å². The van der Waals surface area contributed by atoms with E-state index in [-0.39, 0.29) is 35.3 Å². The first kappa shape index (κ1) is 26.2. The number of carbonyl (C=O) groups is 1. The highest BCUT2D eigenvalue weighted by molar-refractivity contribution is 6.31. The van der Waals surface area contributed by atoms with Crippen LogP contribution in [-0.4, -0.2) is 59.1 Å². The maximum absolute atomic E-state index is 15.0. The van der Waals surface area contributed by atoms with Gasteiger partial charge in [0.15, 0.2) is 0 Å². The van der Waals surface area contributed by atoms with Crippen molar-refractivity contribution < 1.29 is 18.7 Å². The van der Waals surface area contributed by atoms with Crippen molar-refractivity contribution in [1.82, 2.24) is 9.80 Å². The van der Waals surface area contributed by atoms with Crippen molar-refractivity contribution in [2.75, 3.05) is 26.2 Å². The van der Waals surface area contributed by atoms with Crippen molar-refractivity contribution >= 4 is 17.5 Å². The van der Waals surface area contributed by atoms with Crippen LogP contribution in [0.2, 0.25) is 5.02 Å². The number of hydrogen-bond donors (Lipinski definition) is 1. The molecule has 2 aliphatic carbocycles. The Kier molecular flexibility index (Phi) is 7.02. The van der Waals surface area contributed by atoms with Crippen LogP contribution in [0.25, 0.3) is 0 Å². The SMILES string of the molecule is Cc1cc2c(cc1Cl)C1(CC2)CCN(C(=O)[C@@H]2CC(N3CCC(O)CC3)C[C@H]2c2ccc(F)cc2F)CC1. The summed E-state index contributed by atoms with van der Waals surface area (Å²) < 4.78 is 28.7. The molecule has 2 aromatic rings. The highest BCUT2D eigenvalue weighted by Gasteiger charge is 2.47. The normalized spacial score (nSPS) is 27.7. The Morgan fingerprint density at radius 3 is 2.47 bits per heavy atom. The fourth-order valence-corrected chi connectivity index (χ4v) is 8.00. The first-order valence-electron chi connectivity index (χ1n) is 14.2. The molecule has 1 saturated carbocycles. The molecule has 38 heavy (non-hydrogen) atoms. The summed E-state index contributed by atoms with van der Waals surface area (Å²) >= 11 is 6.51. The third-order valence-electron chi connectivity index (χ3n) is 10.1. The quantitative estimate of drug-likeness (QED) is 0.537. The number of nitrogens with zero attached hydrogens (tertiary/aromatic N) is 2. The second-order valence-corrected chi connectivity index (χ2v) is 12.5. The molecule has 0 aromatic heterocycles. The van der Waals surface area contributed by atoms with Crippen LogP contribution in [0, 0.1) is 24.5 Å². The van der Waals surface area contributed by atoms with Gasteiger partial charge in [0, 0.05) is 49.2 Å². The number of hydrogen-bond acceptors (Lipinski definition) is 3. The van der Waals surface area contributed by atoms with Gasteiger partial charge in [0.2, 0.25) is 5.91 Å². The number of aryl methyl sites for hydroxylation is 2. The number of aliphatic hydroxyl groups is 1. The van der Waals surface area contributed by atoms with Crippen molar-refractivity contribution in [1.29, 1.82) is 0 Å². The van der Waals surface area contributed by atoms with E-state index in [2.05, 4.69) is 24.0 Å². The van der Waals surface area contributed by atoms with Crippen LogP contribution in [0.15, 0.2) is 30.3 Å². The van der Waals surface area contributed by atoms with Gasteiger partial charge in [-0.05, 0) is 104 Å². The number of benzene rings is 2. The van der Waals surface area contributed by atoms with E-state index in [0.717, 1.165) is 68.3 Å². The van der Waals surface area contributed by atoms with E-state index in [1.54, 1.807) is 0 Å². The third kappa shape index (κ3) is 4.67. The van der Waals surface area contributed by atoms with Crippen molar-refractivity contribution in [3.63, 3.8) is 0 Å². The number of piperidine rings is 2. The minimum atomic E-state index is -0.595. The molecule has 2 heterocycles. The molecule has 1 unspecified atom stereocenters. The Hall–Kier alpha value is -2.02. The van der Waals surface area contributed by atoms with E-state index in [4.69, 9.17) is 11.6 Å². The lowest BCUT2D eigenvalue weighted by atomic mass is 9.73. The number of fused-ring (bicyclic) bond motifs is 2. The first-order chi connectivity index (χ1) is 18.2. The highest BCUT2D eigenvalue weighted by Crippen LogP contribution is 2.49. The molecular weight excluding hydrogens is 506 g/mol. The number of rotatable bonds is 3. The molecule has 1 spiro atoms. The summed E-state index contributed by atoms with van der Waals surface area (Å²) in [5.41, 5.74) is 4.41. The second kappa shape index (κ2) is 10.2. The van der Waals surface area contributed by atoms with E-state index in [1.165, 1.54) is 23.3 Å². The predicted octanol–water partition coefficient (Wildman–Crippen LogP) is 5.75. The monoisotopic (exact) mass is 542 g/mol. The van der Waals surface area contributed by atoms with Crippen LogP contribution in [0.5, 0.6) is 0 Å². The summed E-state index contributed by atoms with van der Waals surface area (Å²) in [4.78, 5) is 18.4. The summed E-state index contributed by atoms with van der Waals surface area (Å²) in [6.07, 6.45) is 6.53. The van der Waals surface area contributed by atoms with Gasteiger partial charge in [-0.3, -0.25) is 4.79 Å². The van der Waals surface area contributed by atoms with Gasteiger partial charge in [-0.2, -0.15) is 0 Å². The molecule has 2 aromatic carbocycles. The number of carbonyl (C=O) groups excluding carboxylic acids is 1. The Balaban J connectivity index is 1.21. The fraction of sp³-hybridized carbons (Fsp3) is 0.581. The predicted molar refractivity (Wildman–Crippen MR) is 144 cm³/mol. The van der Waals surface area contributed by atoms with Crippen LogP contribution in [0.1, 0.15) is 73.1 Å². The summed E-state index contributed by atoms with van der Waals surface area (Å²) in [6.45, 7) is 5.02. The summed E-state index contributed by atoms with van der Waals surface area (Å²) in [6, 6.07) is 8.32. The molecular formula is C31H37ClF2N2O2. The second-order valence-electron chi connectivity index (χ2n) is 12.1. The molecule has 204 valence electrons. The van der Waals surface area contributed by atoms with Gasteiger partial charge in [-0.25, -0.2) is 8.78 Å². The van der Waals surface area contributed by atoms with Gasteiger partial charge >= 0.3 is 0 Å². The maximum atomic E-state index is 15.0. The molecule has 1 N–H and O–H groups in total. The van der Waals surface area contributed by atoms with Crippen molar-refractivity contribution in [3.8, 4) is 0 Å². The average molecular weight is 543 g/mol. The Morgan fingerprint density at radius 2 is 1.76 bits per heavy atom. The standard InChI is InChI=1S/C31H37ClF2N2O2/c1-19-14-20-4-7-31(27(20)18-28(19)32)8-12-36(13-9-31)30(38)26-17-22(35-10-5-23(37)6-11-35)16-25(26)24-3-2-21(33)15-29(24)34/h2-3,14-15,18,22-23,25-26,37H,4-13,16-17H2,1H3/t22?,25-,26+/m0/s1. The fourth-order valence-electron chi connectivity index (χ4n) is 7.84. The van der Waals surface area contributed by atoms with Gasteiger partial charge in [0.1, 0.15) is 11.6 Å². The lowest BCUT2D eigenvalue weighted by Crippen LogP contribution is -2.47. The van der Waals surface area contributed by atoms with E-state index in [9.17, 15) is 18.7 Å². The number of likely N-dealkylation sites (tertiary alicyclic amines) is 2. The third-order valence-corrected chi connectivity index (χ3v) is 10.5. The Morgan fingerprint density at radius 1 is 1.03 bits per heavy atom. The van der Waals surface area contributed by atoms with Gasteiger partial charge in [-0.1, -0.05) is 23.7 Å². The number of amides is 1. The average Bonchev–Trinajstić information content (AvgIpc) is 3.48. The van der Waals surface area contributed by atoms with Crippen molar-refractivity contribution in [2.24, 2.45) is 5.92 Å². The summed E-state index contributed by atoms with van der Waals surface area (Å²) in [7, 11) is 0. The molecule has 0 radical (unpaired) electrons.